The number of carbonyl (C=O) groups excluding carboxylic acids is 3. The lowest BCUT2D eigenvalue weighted by Crippen LogP contribution is -2.30. The fourth-order valence-corrected chi connectivity index (χ4v) is 9.17. The van der Waals surface area contributed by atoms with Gasteiger partial charge in [0.15, 0.2) is 6.10 Å². The number of allylic oxidation sites excluding steroid dienone is 18. The van der Waals surface area contributed by atoms with Crippen molar-refractivity contribution in [2.45, 2.75) is 316 Å². The summed E-state index contributed by atoms with van der Waals surface area (Å²) in [7, 11) is 0. The second-order valence-electron chi connectivity index (χ2n) is 21.6. The molecule has 0 aromatic rings. The van der Waals surface area contributed by atoms with E-state index in [1.54, 1.807) is 0 Å². The second-order valence-corrected chi connectivity index (χ2v) is 21.6. The molecule has 0 spiro atoms. The van der Waals surface area contributed by atoms with Crippen LogP contribution in [0.15, 0.2) is 109 Å². The maximum atomic E-state index is 12.8. The van der Waals surface area contributed by atoms with Gasteiger partial charge in [-0.1, -0.05) is 297 Å². The average molecular weight is 1080 g/mol. The summed E-state index contributed by atoms with van der Waals surface area (Å²) in [6.45, 7) is 6.40. The third kappa shape index (κ3) is 62.9. The molecule has 6 nitrogen and oxygen atoms in total. The number of hydrogen-bond donors (Lipinski definition) is 0. The summed E-state index contributed by atoms with van der Waals surface area (Å²) >= 11 is 0. The molecule has 0 aromatic carbocycles. The molecule has 0 fully saturated rings. The molecule has 0 radical (unpaired) electrons. The van der Waals surface area contributed by atoms with Crippen LogP contribution in [0, 0.1) is 0 Å². The summed E-state index contributed by atoms with van der Waals surface area (Å²) in [5.41, 5.74) is 0. The van der Waals surface area contributed by atoms with Crippen molar-refractivity contribution >= 4 is 17.9 Å². The molecule has 0 aliphatic carbocycles. The first-order valence-corrected chi connectivity index (χ1v) is 32.9. The number of rotatable bonds is 59. The van der Waals surface area contributed by atoms with Crippen molar-refractivity contribution in [2.24, 2.45) is 0 Å². The molecule has 0 heterocycles. The van der Waals surface area contributed by atoms with Gasteiger partial charge in [0.2, 0.25) is 0 Å². The number of hydrogen-bond acceptors (Lipinski definition) is 6. The Bertz CT molecular complexity index is 1570. The number of unbranched alkanes of at least 4 members (excludes halogenated alkanes) is 30. The summed E-state index contributed by atoms with van der Waals surface area (Å²) in [6.07, 6.45) is 89.9. The molecule has 1 unspecified atom stereocenters. The van der Waals surface area contributed by atoms with Gasteiger partial charge in [-0.25, -0.2) is 0 Å². The van der Waals surface area contributed by atoms with Crippen LogP contribution in [0.1, 0.15) is 310 Å². The predicted molar refractivity (Wildman–Crippen MR) is 339 cm³/mol. The second kappa shape index (κ2) is 65.6. The van der Waals surface area contributed by atoms with E-state index in [-0.39, 0.29) is 31.1 Å². The molecule has 0 saturated carbocycles. The van der Waals surface area contributed by atoms with Gasteiger partial charge in [0, 0.05) is 19.3 Å². The highest BCUT2D eigenvalue weighted by atomic mass is 16.6. The topological polar surface area (TPSA) is 78.9 Å². The van der Waals surface area contributed by atoms with E-state index >= 15 is 0 Å². The van der Waals surface area contributed by atoms with Crippen LogP contribution in [0.3, 0.4) is 0 Å². The Morgan fingerprint density at radius 3 is 0.782 bits per heavy atom. The molecular weight excluding hydrogens is 961 g/mol. The van der Waals surface area contributed by atoms with Crippen molar-refractivity contribution in [2.75, 3.05) is 13.2 Å². The van der Waals surface area contributed by atoms with Crippen LogP contribution < -0.4 is 0 Å². The normalized spacial score (nSPS) is 12.8. The van der Waals surface area contributed by atoms with Gasteiger partial charge in [-0.05, 0) is 103 Å². The van der Waals surface area contributed by atoms with Crippen LogP contribution >= 0.6 is 0 Å². The third-order valence-electron chi connectivity index (χ3n) is 14.0. The minimum atomic E-state index is -0.780. The van der Waals surface area contributed by atoms with Crippen molar-refractivity contribution in [1.82, 2.24) is 0 Å². The van der Waals surface area contributed by atoms with Crippen LogP contribution in [0.5, 0.6) is 0 Å². The Balaban J connectivity index is 4.06. The Kier molecular flexibility index (Phi) is 62.3. The van der Waals surface area contributed by atoms with Crippen LogP contribution in [0.2, 0.25) is 0 Å². The average Bonchev–Trinajstić information content (AvgIpc) is 3.44. The number of esters is 3. The van der Waals surface area contributed by atoms with Crippen molar-refractivity contribution in [3.8, 4) is 0 Å². The summed E-state index contributed by atoms with van der Waals surface area (Å²) < 4.78 is 16.9. The Morgan fingerprint density at radius 1 is 0.269 bits per heavy atom. The molecule has 0 bridgehead atoms. The molecule has 0 saturated heterocycles. The molecule has 6 heteroatoms. The molecule has 0 aliphatic rings. The van der Waals surface area contributed by atoms with Crippen LogP contribution in [0.4, 0.5) is 0 Å². The highest BCUT2D eigenvalue weighted by molar-refractivity contribution is 5.71. The van der Waals surface area contributed by atoms with Gasteiger partial charge in [-0.3, -0.25) is 14.4 Å². The lowest BCUT2D eigenvalue weighted by Gasteiger charge is -2.18. The zero-order chi connectivity index (χ0) is 56.4. The van der Waals surface area contributed by atoms with Crippen molar-refractivity contribution < 1.29 is 28.6 Å². The van der Waals surface area contributed by atoms with E-state index in [4.69, 9.17) is 14.2 Å². The molecule has 446 valence electrons. The Hall–Kier alpha value is -3.93. The van der Waals surface area contributed by atoms with Gasteiger partial charge in [-0.2, -0.15) is 0 Å². The van der Waals surface area contributed by atoms with Crippen LogP contribution in [-0.4, -0.2) is 37.2 Å². The smallest absolute Gasteiger partial charge is 0.306 e. The SMILES string of the molecule is CC/C=C\C/C=C\C/C=C\C/C=C\C/C=C\C/C=C\CCCCCCCCCCCCCCCCCCC(=O)OCC(COC(=O)CCCCCCCCCC)OC(=O)CCCCCCCCC/C=C\C/C=C\C/C=C\CC. The zero-order valence-electron chi connectivity index (χ0n) is 51.2. The maximum absolute atomic E-state index is 12.8. The predicted octanol–water partition coefficient (Wildman–Crippen LogP) is 22.6. The molecule has 0 aromatic heterocycles. The Morgan fingerprint density at radius 2 is 0.500 bits per heavy atom. The van der Waals surface area contributed by atoms with E-state index in [0.717, 1.165) is 122 Å². The van der Waals surface area contributed by atoms with E-state index in [9.17, 15) is 14.4 Å². The van der Waals surface area contributed by atoms with Gasteiger partial charge in [0.1, 0.15) is 13.2 Å². The van der Waals surface area contributed by atoms with Crippen LogP contribution in [-0.2, 0) is 28.6 Å². The molecule has 0 aliphatic heterocycles. The first kappa shape index (κ1) is 74.1. The van der Waals surface area contributed by atoms with Crippen LogP contribution in [0.25, 0.3) is 0 Å². The van der Waals surface area contributed by atoms with Crippen molar-refractivity contribution in [1.29, 1.82) is 0 Å². The third-order valence-corrected chi connectivity index (χ3v) is 14.0. The van der Waals surface area contributed by atoms with Gasteiger partial charge in [0.05, 0.1) is 0 Å². The molecule has 0 amide bonds. The summed E-state index contributed by atoms with van der Waals surface area (Å²) in [6, 6.07) is 0. The first-order chi connectivity index (χ1) is 38.5. The minimum absolute atomic E-state index is 0.0787. The lowest BCUT2D eigenvalue weighted by molar-refractivity contribution is -0.167. The van der Waals surface area contributed by atoms with E-state index in [2.05, 4.69) is 130 Å². The highest BCUT2D eigenvalue weighted by Crippen LogP contribution is 2.17. The molecule has 0 rings (SSSR count). The largest absolute Gasteiger partial charge is 0.462 e. The summed E-state index contributed by atoms with van der Waals surface area (Å²) in [4.78, 5) is 38.1. The quantitative estimate of drug-likeness (QED) is 0.0261. The molecule has 0 N–H and O–H groups in total. The monoisotopic (exact) mass is 1080 g/mol. The minimum Gasteiger partial charge on any atom is -0.462 e. The van der Waals surface area contributed by atoms with E-state index in [0.29, 0.717) is 19.3 Å². The fraction of sp³-hybridized carbons (Fsp3) is 0.708. The highest BCUT2D eigenvalue weighted by Gasteiger charge is 2.19. The van der Waals surface area contributed by atoms with Gasteiger partial charge in [0.25, 0.3) is 0 Å². The number of ether oxygens (including phenoxy) is 3. The lowest BCUT2D eigenvalue weighted by atomic mass is 10.0. The van der Waals surface area contributed by atoms with Gasteiger partial charge >= 0.3 is 17.9 Å². The Labute approximate surface area is 482 Å². The molecular formula is C72H122O6. The number of carbonyl (C=O) groups is 3. The van der Waals surface area contributed by atoms with Crippen molar-refractivity contribution in [3.63, 3.8) is 0 Å². The fourth-order valence-electron chi connectivity index (χ4n) is 9.17. The van der Waals surface area contributed by atoms with E-state index in [1.165, 1.54) is 148 Å². The zero-order valence-corrected chi connectivity index (χ0v) is 51.2. The molecule has 78 heavy (non-hydrogen) atoms. The van der Waals surface area contributed by atoms with E-state index < -0.39 is 6.10 Å². The first-order valence-electron chi connectivity index (χ1n) is 32.9. The summed E-state index contributed by atoms with van der Waals surface area (Å²) in [5, 5.41) is 0. The standard InChI is InChI=1S/C72H122O6/c1-4-7-10-13-16-19-21-23-25-27-28-29-30-31-32-33-34-35-36-37-38-39-40-41-42-43-44-46-47-49-51-53-56-59-62-65-71(74)77-68-69(67-76-70(73)64-61-58-55-18-15-12-9-6-3)78-72(75)66-63-60-57-54-52-50-48-45-26-24-22-20-17-14-11-8-5-2/h7-8,10-11,16-17,19-20,23-26,28-29,31-32,34-35,69H,4-6,9,12-15,18,21-22,27,30,33,36-68H2,1-3H3/b10-7-,11-8-,19-16-,20-17-,25-23-,26-24-,29-28-,32-31-,35-34-. The van der Waals surface area contributed by atoms with Crippen molar-refractivity contribution in [3.05, 3.63) is 109 Å². The van der Waals surface area contributed by atoms with Gasteiger partial charge < -0.3 is 14.2 Å². The maximum Gasteiger partial charge on any atom is 0.306 e. The van der Waals surface area contributed by atoms with Gasteiger partial charge in [-0.15, -0.1) is 0 Å². The molecule has 1 atom stereocenters. The van der Waals surface area contributed by atoms with E-state index in [1.807, 2.05) is 0 Å². The summed E-state index contributed by atoms with van der Waals surface area (Å²) in [5.74, 6) is -0.884.